The number of esters is 2. The summed E-state index contributed by atoms with van der Waals surface area (Å²) in [6, 6.07) is 0. The van der Waals surface area contributed by atoms with E-state index in [1.807, 2.05) is 13.8 Å². The second-order valence-corrected chi connectivity index (χ2v) is 9.58. The highest BCUT2D eigenvalue weighted by Gasteiger charge is 2.47. The van der Waals surface area contributed by atoms with Crippen LogP contribution in [0.25, 0.3) is 0 Å². The van der Waals surface area contributed by atoms with Gasteiger partial charge in [-0.25, -0.2) is 4.79 Å². The molecule has 0 bridgehead atoms. The van der Waals surface area contributed by atoms with Crippen LogP contribution in [0, 0.1) is 5.92 Å². The van der Waals surface area contributed by atoms with Crippen LogP contribution in [-0.2, 0) is 47.7 Å². The topological polar surface area (TPSA) is 144 Å². The Morgan fingerprint density at radius 1 is 0.842 bits per heavy atom. The molecule has 0 radical (unpaired) electrons. The maximum Gasteiger partial charge on any atom is 0.533 e. The summed E-state index contributed by atoms with van der Waals surface area (Å²) in [7, 11) is 0. The number of carbonyl (C=O) groups excluding carboxylic acids is 5. The molecule has 0 saturated carbocycles. The van der Waals surface area contributed by atoms with Gasteiger partial charge in [0.05, 0.1) is 12.7 Å². The second-order valence-electron chi connectivity index (χ2n) is 9.58. The van der Waals surface area contributed by atoms with Crippen LogP contribution in [0.3, 0.4) is 0 Å². The molecule has 0 aromatic carbocycles. The van der Waals surface area contributed by atoms with E-state index >= 15 is 0 Å². The molecule has 12 heteroatoms. The van der Waals surface area contributed by atoms with E-state index in [1.54, 1.807) is 0 Å². The number of ether oxygens (including phenoxy) is 5. The lowest BCUT2D eigenvalue weighted by Gasteiger charge is -2.43. The van der Waals surface area contributed by atoms with Crippen LogP contribution in [-0.4, -0.2) is 72.8 Å². The number of imide groups is 1. The molecule has 216 valence electrons. The second kappa shape index (κ2) is 16.3. The molecule has 38 heavy (non-hydrogen) atoms. The van der Waals surface area contributed by atoms with E-state index in [9.17, 15) is 24.0 Å². The number of hydrogen-bond donors (Lipinski definition) is 0. The van der Waals surface area contributed by atoms with Crippen molar-refractivity contribution in [2.75, 3.05) is 13.2 Å². The van der Waals surface area contributed by atoms with Gasteiger partial charge in [-0.15, -0.1) is 0 Å². The third kappa shape index (κ3) is 10.2. The molecule has 2 aliphatic rings. The van der Waals surface area contributed by atoms with Crippen LogP contribution in [0.4, 0.5) is 4.79 Å². The fourth-order valence-electron chi connectivity index (χ4n) is 4.52. The zero-order valence-electron chi connectivity index (χ0n) is 22.8. The van der Waals surface area contributed by atoms with Crippen LogP contribution in [0.1, 0.15) is 91.9 Å². The average Bonchev–Trinajstić information content (AvgIpc) is 3.17. The first-order chi connectivity index (χ1) is 18.1. The normalized spacial score (nSPS) is 25.3. The van der Waals surface area contributed by atoms with Gasteiger partial charge in [0, 0.05) is 39.2 Å². The molecule has 2 amide bonds. The minimum absolute atomic E-state index is 0.0382. The number of rotatable bonds is 15. The molecule has 2 saturated heterocycles. The fourth-order valence-corrected chi connectivity index (χ4v) is 4.52. The van der Waals surface area contributed by atoms with Crippen LogP contribution in [0.5, 0.6) is 0 Å². The SMILES string of the molecule is CC[C@H]1O[C@H](OCCCCCCCCCOC(=O)ON2C(=O)CCC2=O)[C@@H](OC(C)=O)[C@@H](OC(C)=O)[C@@H]1C. The predicted molar refractivity (Wildman–Crippen MR) is 131 cm³/mol. The maximum atomic E-state index is 11.7. The Kier molecular flexibility index (Phi) is 13.5. The van der Waals surface area contributed by atoms with Crippen molar-refractivity contribution in [3.05, 3.63) is 0 Å². The van der Waals surface area contributed by atoms with E-state index in [0.717, 1.165) is 38.5 Å². The Hall–Kier alpha value is -2.73. The minimum Gasteiger partial charge on any atom is -0.458 e. The molecule has 2 heterocycles. The molecular weight excluding hydrogens is 502 g/mol. The van der Waals surface area contributed by atoms with Crippen molar-refractivity contribution in [2.24, 2.45) is 5.92 Å². The molecule has 0 spiro atoms. The summed E-state index contributed by atoms with van der Waals surface area (Å²) in [5, 5.41) is 0.462. The number of hydrogen-bond acceptors (Lipinski definition) is 11. The molecule has 0 aliphatic carbocycles. The van der Waals surface area contributed by atoms with Gasteiger partial charge < -0.3 is 23.7 Å². The van der Waals surface area contributed by atoms with E-state index in [0.29, 0.717) is 24.5 Å². The lowest BCUT2D eigenvalue weighted by molar-refractivity contribution is -0.290. The Bertz CT molecular complexity index is 801. The number of amides is 2. The van der Waals surface area contributed by atoms with Crippen LogP contribution < -0.4 is 0 Å². The van der Waals surface area contributed by atoms with Crippen LogP contribution in [0.15, 0.2) is 0 Å². The van der Waals surface area contributed by atoms with Gasteiger partial charge >= 0.3 is 18.1 Å². The lowest BCUT2D eigenvalue weighted by atomic mass is 9.89. The van der Waals surface area contributed by atoms with Gasteiger partial charge in [0.1, 0.15) is 6.10 Å². The van der Waals surface area contributed by atoms with Crippen molar-refractivity contribution in [3.8, 4) is 0 Å². The summed E-state index contributed by atoms with van der Waals surface area (Å²) < 4.78 is 27.8. The molecule has 2 fully saturated rings. The van der Waals surface area contributed by atoms with Gasteiger partial charge in [0.25, 0.3) is 11.8 Å². The smallest absolute Gasteiger partial charge is 0.458 e. The van der Waals surface area contributed by atoms with E-state index in [2.05, 4.69) is 4.84 Å². The van der Waals surface area contributed by atoms with Crippen molar-refractivity contribution in [2.45, 2.75) is 117 Å². The highest BCUT2D eigenvalue weighted by Crippen LogP contribution is 2.32. The van der Waals surface area contributed by atoms with Gasteiger partial charge in [-0.05, 0) is 19.3 Å². The van der Waals surface area contributed by atoms with Crippen LogP contribution >= 0.6 is 0 Å². The first kappa shape index (κ1) is 31.5. The predicted octanol–water partition coefficient (Wildman–Crippen LogP) is 3.59. The highest BCUT2D eigenvalue weighted by atomic mass is 16.8. The quantitative estimate of drug-likeness (QED) is 0.129. The number of hydroxylamine groups is 2. The molecule has 5 atom stereocenters. The Morgan fingerprint density at radius 3 is 1.92 bits per heavy atom. The van der Waals surface area contributed by atoms with Gasteiger partial charge in [0.2, 0.25) is 0 Å². The summed E-state index contributed by atoms with van der Waals surface area (Å²) in [6.07, 6.45) is 3.46. The summed E-state index contributed by atoms with van der Waals surface area (Å²) in [4.78, 5) is 62.4. The Morgan fingerprint density at radius 2 is 1.37 bits per heavy atom. The van der Waals surface area contributed by atoms with E-state index in [-0.39, 0.29) is 31.5 Å². The number of carbonyl (C=O) groups is 5. The molecule has 0 aromatic rings. The average molecular weight is 544 g/mol. The molecule has 2 aliphatic heterocycles. The minimum atomic E-state index is -1.05. The molecular formula is C26H41NO11. The first-order valence-electron chi connectivity index (χ1n) is 13.5. The summed E-state index contributed by atoms with van der Waals surface area (Å²) in [5.74, 6) is -2.18. The summed E-state index contributed by atoms with van der Waals surface area (Å²) in [5.41, 5.74) is 0. The zero-order chi connectivity index (χ0) is 28.1. The first-order valence-corrected chi connectivity index (χ1v) is 13.5. The third-order valence-electron chi connectivity index (χ3n) is 6.47. The zero-order valence-corrected chi connectivity index (χ0v) is 22.8. The maximum absolute atomic E-state index is 11.7. The van der Waals surface area contributed by atoms with E-state index in [4.69, 9.17) is 23.7 Å². The van der Waals surface area contributed by atoms with Crippen molar-refractivity contribution in [1.29, 1.82) is 0 Å². The third-order valence-corrected chi connectivity index (χ3v) is 6.47. The van der Waals surface area contributed by atoms with Gasteiger partial charge in [-0.2, -0.15) is 0 Å². The largest absolute Gasteiger partial charge is 0.533 e. The number of nitrogens with zero attached hydrogens (tertiary/aromatic N) is 1. The van der Waals surface area contributed by atoms with Crippen molar-refractivity contribution in [1.82, 2.24) is 5.06 Å². The monoisotopic (exact) mass is 543 g/mol. The molecule has 0 N–H and O–H groups in total. The van der Waals surface area contributed by atoms with E-state index in [1.165, 1.54) is 13.8 Å². The molecule has 12 nitrogen and oxygen atoms in total. The summed E-state index contributed by atoms with van der Waals surface area (Å²) in [6.45, 7) is 7.08. The highest BCUT2D eigenvalue weighted by molar-refractivity contribution is 6.01. The molecule has 0 unspecified atom stereocenters. The number of unbranched alkanes of at least 4 members (excludes halogenated alkanes) is 6. The standard InChI is InChI=1S/C26H41NO11/c1-5-20-17(2)23(35-18(3)28)24(36-19(4)29)25(37-20)33-15-11-9-7-6-8-10-12-16-34-26(32)38-27-21(30)13-14-22(27)31/h17,20,23-25H,5-16H2,1-4H3/t17-,20-,23+,24+,25+/m1/s1. The molecule has 2 rings (SSSR count). The van der Waals surface area contributed by atoms with Crippen molar-refractivity contribution in [3.63, 3.8) is 0 Å². The van der Waals surface area contributed by atoms with Gasteiger partial charge in [0.15, 0.2) is 12.4 Å². The molecule has 0 aromatic heterocycles. The van der Waals surface area contributed by atoms with Gasteiger partial charge in [-0.3, -0.25) is 24.0 Å². The van der Waals surface area contributed by atoms with Crippen molar-refractivity contribution >= 4 is 29.9 Å². The lowest BCUT2D eigenvalue weighted by Crippen LogP contribution is -2.57. The Labute approximate surface area is 223 Å². The van der Waals surface area contributed by atoms with Gasteiger partial charge in [-0.1, -0.05) is 51.0 Å². The fraction of sp³-hybridized carbons (Fsp3) is 0.808. The summed E-state index contributed by atoms with van der Waals surface area (Å²) >= 11 is 0. The van der Waals surface area contributed by atoms with Crippen LogP contribution in [0.2, 0.25) is 0 Å². The van der Waals surface area contributed by atoms with Crippen molar-refractivity contribution < 1.29 is 52.5 Å². The van der Waals surface area contributed by atoms with E-state index < -0.39 is 48.4 Å². The Balaban J connectivity index is 1.59.